The number of nitrogens with one attached hydrogen (secondary N) is 3. The minimum absolute atomic E-state index is 0.0607. The second kappa shape index (κ2) is 13.1. The molecule has 43 heavy (non-hydrogen) atoms. The molecule has 1 aromatic carbocycles. The Labute approximate surface area is 254 Å². The van der Waals surface area contributed by atoms with Crippen molar-refractivity contribution in [2.45, 2.75) is 88.9 Å². The molecule has 2 aromatic rings. The largest absolute Gasteiger partial charge is 0.495 e. The number of methoxy groups -OCH3 is 1. The topological polar surface area (TPSA) is 115 Å². The Morgan fingerprint density at radius 2 is 1.77 bits per heavy atom. The summed E-state index contributed by atoms with van der Waals surface area (Å²) in [7, 11) is 3.39. The lowest BCUT2D eigenvalue weighted by atomic mass is 9.89. The molecule has 3 heterocycles. The summed E-state index contributed by atoms with van der Waals surface area (Å²) in [6.07, 6.45) is 11.7. The Morgan fingerprint density at radius 3 is 2.49 bits per heavy atom. The number of fused-ring (bicyclic) bond motifs is 1. The third-order valence-electron chi connectivity index (χ3n) is 9.84. The van der Waals surface area contributed by atoms with E-state index in [1.807, 2.05) is 19.1 Å². The van der Waals surface area contributed by atoms with Crippen molar-refractivity contribution in [1.82, 2.24) is 25.5 Å². The van der Waals surface area contributed by atoms with Gasteiger partial charge in [-0.25, -0.2) is 4.98 Å². The average molecular weight is 591 g/mol. The van der Waals surface area contributed by atoms with Crippen LogP contribution < -0.4 is 30.5 Å². The van der Waals surface area contributed by atoms with Gasteiger partial charge in [0.25, 0.3) is 5.91 Å². The zero-order valence-electron chi connectivity index (χ0n) is 25.8. The standard InChI is InChI=1S/C32H46N8O3/c1-21-31(42)38(2)27-20-34-32(37-29(27)40(21)25-7-5-4-6-8-25)36-26-14-9-22(19-28(26)43-3)30(41)35-23-10-12-24(13-11-23)39-17-15-33-16-18-39/h9,14,19-21,23-25,33H,4-8,10-13,15-18H2,1-3H3,(H,35,41)(H,34,36,37)/t21-,23?,24?/m1/s1. The highest BCUT2D eigenvalue weighted by molar-refractivity contribution is 6.04. The van der Waals surface area contributed by atoms with Crippen LogP contribution in [0.4, 0.5) is 23.1 Å². The maximum absolute atomic E-state index is 13.2. The van der Waals surface area contributed by atoms with Gasteiger partial charge in [0.2, 0.25) is 11.9 Å². The number of carbonyl (C=O) groups is 2. The fourth-order valence-corrected chi connectivity index (χ4v) is 7.36. The van der Waals surface area contributed by atoms with E-state index >= 15 is 0 Å². The van der Waals surface area contributed by atoms with Crippen molar-refractivity contribution in [3.63, 3.8) is 0 Å². The molecular weight excluding hydrogens is 544 g/mol. The lowest BCUT2D eigenvalue weighted by molar-refractivity contribution is -0.119. The number of likely N-dealkylation sites (N-methyl/N-ethyl adjacent to an activating group) is 1. The van der Waals surface area contributed by atoms with Crippen molar-refractivity contribution in [2.24, 2.45) is 0 Å². The van der Waals surface area contributed by atoms with E-state index in [0.29, 0.717) is 29.0 Å². The predicted molar refractivity (Wildman–Crippen MR) is 168 cm³/mol. The van der Waals surface area contributed by atoms with Crippen LogP contribution in [0.2, 0.25) is 0 Å². The van der Waals surface area contributed by atoms with Crippen LogP contribution in [0.3, 0.4) is 0 Å². The molecule has 0 radical (unpaired) electrons. The summed E-state index contributed by atoms with van der Waals surface area (Å²) in [5, 5.41) is 9.99. The molecule has 1 atom stereocenters. The van der Waals surface area contributed by atoms with Gasteiger partial charge in [0.15, 0.2) is 5.82 Å². The van der Waals surface area contributed by atoms with Gasteiger partial charge in [-0.15, -0.1) is 0 Å². The van der Waals surface area contributed by atoms with Crippen molar-refractivity contribution < 1.29 is 14.3 Å². The monoisotopic (exact) mass is 590 g/mol. The van der Waals surface area contributed by atoms with Crippen molar-refractivity contribution in [3.8, 4) is 5.75 Å². The summed E-state index contributed by atoms with van der Waals surface area (Å²) in [5.41, 5.74) is 1.96. The van der Waals surface area contributed by atoms with Crippen LogP contribution in [0.25, 0.3) is 0 Å². The van der Waals surface area contributed by atoms with Crippen molar-refractivity contribution in [1.29, 1.82) is 0 Å². The van der Waals surface area contributed by atoms with Crippen LogP contribution in [0, 0.1) is 0 Å². The molecule has 0 unspecified atom stereocenters. The third-order valence-corrected chi connectivity index (χ3v) is 9.84. The number of amides is 2. The number of piperazine rings is 1. The summed E-state index contributed by atoms with van der Waals surface area (Å²) >= 11 is 0. The minimum atomic E-state index is -0.284. The van der Waals surface area contributed by atoms with Gasteiger partial charge in [-0.2, -0.15) is 4.98 Å². The van der Waals surface area contributed by atoms with E-state index in [1.165, 1.54) is 19.3 Å². The van der Waals surface area contributed by atoms with Gasteiger partial charge < -0.3 is 30.5 Å². The molecule has 3 fully saturated rings. The Morgan fingerprint density at radius 1 is 1.02 bits per heavy atom. The molecule has 1 saturated heterocycles. The number of hydrogen-bond donors (Lipinski definition) is 3. The predicted octanol–water partition coefficient (Wildman–Crippen LogP) is 3.68. The van der Waals surface area contributed by atoms with Crippen molar-refractivity contribution in [3.05, 3.63) is 30.0 Å². The van der Waals surface area contributed by atoms with Crippen molar-refractivity contribution >= 4 is 35.0 Å². The highest BCUT2D eigenvalue weighted by Gasteiger charge is 2.39. The van der Waals surface area contributed by atoms with Gasteiger partial charge in [-0.1, -0.05) is 19.3 Å². The number of carbonyl (C=O) groups excluding carboxylic acids is 2. The molecule has 2 aliphatic carbocycles. The zero-order chi connectivity index (χ0) is 29.9. The van der Waals surface area contributed by atoms with Crippen molar-refractivity contribution in [2.75, 3.05) is 55.5 Å². The number of aromatic nitrogens is 2. The van der Waals surface area contributed by atoms with Crippen LogP contribution >= 0.6 is 0 Å². The molecule has 4 aliphatic rings. The van der Waals surface area contributed by atoms with E-state index in [0.717, 1.165) is 76.2 Å². The number of ether oxygens (including phenoxy) is 1. The Balaban J connectivity index is 1.13. The molecule has 2 aliphatic heterocycles. The fraction of sp³-hybridized carbons (Fsp3) is 0.625. The van der Waals surface area contributed by atoms with E-state index in [-0.39, 0.29) is 29.9 Å². The van der Waals surface area contributed by atoms with E-state index in [4.69, 9.17) is 9.72 Å². The summed E-state index contributed by atoms with van der Waals surface area (Å²) < 4.78 is 5.68. The zero-order valence-corrected chi connectivity index (χ0v) is 25.8. The SMILES string of the molecule is COc1cc(C(=O)NC2CCC(N3CCNCC3)CC2)ccc1Nc1ncc2c(n1)N(C1CCCCC1)[C@H](C)C(=O)N2C. The lowest BCUT2D eigenvalue weighted by Crippen LogP contribution is -2.55. The molecule has 2 saturated carbocycles. The minimum Gasteiger partial charge on any atom is -0.495 e. The highest BCUT2D eigenvalue weighted by Crippen LogP contribution is 2.39. The van der Waals surface area contributed by atoms with Crippen LogP contribution in [-0.4, -0.2) is 91.2 Å². The van der Waals surface area contributed by atoms with Crippen LogP contribution in [0.5, 0.6) is 5.75 Å². The summed E-state index contributed by atoms with van der Waals surface area (Å²) in [6, 6.07) is 6.25. The van der Waals surface area contributed by atoms with Crippen LogP contribution in [-0.2, 0) is 4.79 Å². The molecule has 11 nitrogen and oxygen atoms in total. The summed E-state index contributed by atoms with van der Waals surface area (Å²) in [6.45, 7) is 6.34. The molecule has 11 heteroatoms. The molecule has 6 rings (SSSR count). The van der Waals surface area contributed by atoms with Gasteiger partial charge in [0.1, 0.15) is 17.5 Å². The maximum atomic E-state index is 13.2. The normalized spacial score (nSPS) is 25.3. The number of nitrogens with zero attached hydrogens (tertiary/aromatic N) is 5. The van der Waals surface area contributed by atoms with E-state index in [1.54, 1.807) is 31.3 Å². The van der Waals surface area contributed by atoms with E-state index in [9.17, 15) is 9.59 Å². The average Bonchev–Trinajstić information content (AvgIpc) is 3.05. The van der Waals surface area contributed by atoms with Gasteiger partial charge in [0, 0.05) is 56.9 Å². The number of hydrogen-bond acceptors (Lipinski definition) is 9. The second-order valence-electron chi connectivity index (χ2n) is 12.5. The first kappa shape index (κ1) is 29.6. The first-order valence-corrected chi connectivity index (χ1v) is 16.1. The Bertz CT molecular complexity index is 1300. The van der Waals surface area contributed by atoms with E-state index in [2.05, 4.69) is 30.7 Å². The fourth-order valence-electron chi connectivity index (χ4n) is 7.36. The lowest BCUT2D eigenvalue weighted by Gasteiger charge is -2.44. The smallest absolute Gasteiger partial charge is 0.251 e. The first-order valence-electron chi connectivity index (χ1n) is 16.1. The molecule has 1 aromatic heterocycles. The second-order valence-corrected chi connectivity index (χ2v) is 12.5. The first-order chi connectivity index (χ1) is 20.9. The van der Waals surface area contributed by atoms with Crippen LogP contribution in [0.1, 0.15) is 75.1 Å². The van der Waals surface area contributed by atoms with Gasteiger partial charge in [0.05, 0.1) is 19.0 Å². The number of rotatable bonds is 7. The third kappa shape index (κ3) is 6.28. The molecule has 2 amide bonds. The highest BCUT2D eigenvalue weighted by atomic mass is 16.5. The Kier molecular flexibility index (Phi) is 8.99. The number of anilines is 4. The summed E-state index contributed by atoms with van der Waals surface area (Å²) in [4.78, 5) is 42.2. The Hall–Kier alpha value is -3.44. The molecule has 0 spiro atoms. The number of benzene rings is 1. The van der Waals surface area contributed by atoms with Crippen LogP contribution in [0.15, 0.2) is 24.4 Å². The molecule has 3 N–H and O–H groups in total. The molecule has 232 valence electrons. The maximum Gasteiger partial charge on any atom is 0.251 e. The van der Waals surface area contributed by atoms with E-state index < -0.39 is 0 Å². The van der Waals surface area contributed by atoms with Gasteiger partial charge in [-0.05, 0) is 63.6 Å². The molecule has 0 bridgehead atoms. The quantitative estimate of drug-likeness (QED) is 0.444. The molecular formula is C32H46N8O3. The van der Waals surface area contributed by atoms with Gasteiger partial charge in [-0.3, -0.25) is 14.5 Å². The van der Waals surface area contributed by atoms with Gasteiger partial charge >= 0.3 is 0 Å². The summed E-state index contributed by atoms with van der Waals surface area (Å²) in [5.74, 6) is 1.73.